The average molecular weight is 271 g/mol. The quantitative estimate of drug-likeness (QED) is 0.790. The van der Waals surface area contributed by atoms with Crippen LogP contribution in [0.3, 0.4) is 0 Å². The number of aryl methyl sites for hydroxylation is 1. The van der Waals surface area contributed by atoms with Crippen LogP contribution in [0.25, 0.3) is 10.9 Å². The summed E-state index contributed by atoms with van der Waals surface area (Å²) in [6.45, 7) is 3.80. The number of fused-ring (bicyclic) bond motifs is 1. The first-order valence-corrected chi connectivity index (χ1v) is 7.27. The fourth-order valence-electron chi connectivity index (χ4n) is 2.36. The lowest BCUT2D eigenvalue weighted by atomic mass is 10.1. The Morgan fingerprint density at radius 1 is 1.32 bits per heavy atom. The highest BCUT2D eigenvalue weighted by molar-refractivity contribution is 7.09. The van der Waals surface area contributed by atoms with Gasteiger partial charge in [0.2, 0.25) is 0 Å². The van der Waals surface area contributed by atoms with E-state index >= 15 is 0 Å². The predicted molar refractivity (Wildman–Crippen MR) is 80.7 cm³/mol. The first-order chi connectivity index (χ1) is 9.26. The van der Waals surface area contributed by atoms with Crippen LogP contribution in [0, 0.1) is 6.92 Å². The number of hydrogen-bond acceptors (Lipinski definition) is 3. The lowest BCUT2D eigenvalue weighted by molar-refractivity contribution is 0.808. The maximum Gasteiger partial charge on any atom is 0.0898 e. The first-order valence-electron chi connectivity index (χ1n) is 6.39. The number of thiazole rings is 1. The second-order valence-electron chi connectivity index (χ2n) is 4.72. The monoisotopic (exact) mass is 271 g/mol. The molecular formula is C15H17N3S. The second-order valence-corrected chi connectivity index (χ2v) is 5.79. The molecule has 0 radical (unpaired) electrons. The van der Waals surface area contributed by atoms with Crippen molar-refractivity contribution in [1.82, 2.24) is 14.9 Å². The SMILES string of the molecule is CNCc1ccc2c(ccn2Cc2csc(C)n2)c1. The van der Waals surface area contributed by atoms with E-state index in [0.717, 1.165) is 23.8 Å². The van der Waals surface area contributed by atoms with Crippen molar-refractivity contribution in [3.8, 4) is 0 Å². The third kappa shape index (κ3) is 2.55. The van der Waals surface area contributed by atoms with Crippen LogP contribution >= 0.6 is 11.3 Å². The molecule has 3 nitrogen and oxygen atoms in total. The topological polar surface area (TPSA) is 29.9 Å². The molecule has 3 rings (SSSR count). The van der Waals surface area contributed by atoms with E-state index in [2.05, 4.69) is 50.7 Å². The van der Waals surface area contributed by atoms with Crippen molar-refractivity contribution in [1.29, 1.82) is 0 Å². The summed E-state index contributed by atoms with van der Waals surface area (Å²) in [5.74, 6) is 0. The number of rotatable bonds is 4. The van der Waals surface area contributed by atoms with Gasteiger partial charge in [-0.25, -0.2) is 4.98 Å². The van der Waals surface area contributed by atoms with E-state index in [1.165, 1.54) is 16.5 Å². The maximum atomic E-state index is 4.53. The van der Waals surface area contributed by atoms with Crippen LogP contribution in [0.2, 0.25) is 0 Å². The number of nitrogens with zero attached hydrogens (tertiary/aromatic N) is 2. The van der Waals surface area contributed by atoms with Crippen molar-refractivity contribution in [2.75, 3.05) is 7.05 Å². The highest BCUT2D eigenvalue weighted by atomic mass is 32.1. The predicted octanol–water partition coefficient (Wildman–Crippen LogP) is 3.17. The number of nitrogens with one attached hydrogen (secondary N) is 1. The van der Waals surface area contributed by atoms with Crippen LogP contribution in [0.5, 0.6) is 0 Å². The van der Waals surface area contributed by atoms with Gasteiger partial charge in [0.1, 0.15) is 0 Å². The van der Waals surface area contributed by atoms with Crippen molar-refractivity contribution in [2.45, 2.75) is 20.0 Å². The molecule has 0 aliphatic heterocycles. The molecule has 0 spiro atoms. The number of benzene rings is 1. The summed E-state index contributed by atoms with van der Waals surface area (Å²) in [7, 11) is 1.97. The van der Waals surface area contributed by atoms with E-state index in [-0.39, 0.29) is 0 Å². The zero-order valence-corrected chi connectivity index (χ0v) is 12.0. The van der Waals surface area contributed by atoms with E-state index in [0.29, 0.717) is 0 Å². The molecule has 0 saturated carbocycles. The summed E-state index contributed by atoms with van der Waals surface area (Å²) in [5, 5.41) is 7.74. The fourth-order valence-corrected chi connectivity index (χ4v) is 2.96. The zero-order valence-electron chi connectivity index (χ0n) is 11.2. The Bertz CT molecular complexity index is 696. The summed E-state index contributed by atoms with van der Waals surface area (Å²) in [4.78, 5) is 4.53. The first kappa shape index (κ1) is 12.4. The minimum Gasteiger partial charge on any atom is -0.341 e. The molecule has 0 aliphatic carbocycles. The van der Waals surface area contributed by atoms with Gasteiger partial charge in [-0.2, -0.15) is 0 Å². The van der Waals surface area contributed by atoms with Gasteiger partial charge in [0.05, 0.1) is 17.2 Å². The molecule has 0 aliphatic rings. The molecule has 0 fully saturated rings. The summed E-state index contributed by atoms with van der Waals surface area (Å²) in [6, 6.07) is 8.80. The van der Waals surface area contributed by atoms with E-state index < -0.39 is 0 Å². The van der Waals surface area contributed by atoms with Crippen molar-refractivity contribution in [3.63, 3.8) is 0 Å². The van der Waals surface area contributed by atoms with Crippen LogP contribution < -0.4 is 5.32 Å². The Hall–Kier alpha value is -1.65. The summed E-state index contributed by atoms with van der Waals surface area (Å²) >= 11 is 1.71. The van der Waals surface area contributed by atoms with Crippen LogP contribution in [0.1, 0.15) is 16.3 Å². The molecule has 1 N–H and O–H groups in total. The van der Waals surface area contributed by atoms with Crippen LogP contribution in [0.15, 0.2) is 35.8 Å². The molecule has 0 atom stereocenters. The van der Waals surface area contributed by atoms with Crippen molar-refractivity contribution < 1.29 is 0 Å². The molecule has 19 heavy (non-hydrogen) atoms. The minimum atomic E-state index is 0.846. The van der Waals surface area contributed by atoms with Gasteiger partial charge in [0.15, 0.2) is 0 Å². The van der Waals surface area contributed by atoms with Gasteiger partial charge < -0.3 is 9.88 Å². The van der Waals surface area contributed by atoms with Crippen LogP contribution in [-0.2, 0) is 13.1 Å². The maximum absolute atomic E-state index is 4.53. The van der Waals surface area contributed by atoms with Gasteiger partial charge in [0, 0.05) is 23.6 Å². The lowest BCUT2D eigenvalue weighted by Gasteiger charge is -2.04. The van der Waals surface area contributed by atoms with E-state index in [4.69, 9.17) is 0 Å². The summed E-state index contributed by atoms with van der Waals surface area (Å²) < 4.78 is 2.26. The number of aromatic nitrogens is 2. The van der Waals surface area contributed by atoms with Gasteiger partial charge in [0.25, 0.3) is 0 Å². The average Bonchev–Trinajstić information content (AvgIpc) is 2.97. The van der Waals surface area contributed by atoms with Gasteiger partial charge >= 0.3 is 0 Å². The summed E-state index contributed by atoms with van der Waals surface area (Å²) in [6.07, 6.45) is 2.14. The Balaban J connectivity index is 1.92. The standard InChI is InChI=1S/C15H17N3S/c1-11-17-14(10-19-11)9-18-6-5-13-7-12(8-16-2)3-4-15(13)18/h3-7,10,16H,8-9H2,1-2H3. The fraction of sp³-hybridized carbons (Fsp3) is 0.267. The van der Waals surface area contributed by atoms with Gasteiger partial charge in [-0.05, 0) is 43.1 Å². The molecule has 4 heteroatoms. The molecule has 1 aromatic carbocycles. The largest absolute Gasteiger partial charge is 0.341 e. The Morgan fingerprint density at radius 2 is 2.21 bits per heavy atom. The van der Waals surface area contributed by atoms with Gasteiger partial charge in [-0.3, -0.25) is 0 Å². The summed E-state index contributed by atoms with van der Waals surface area (Å²) in [5.41, 5.74) is 3.72. The van der Waals surface area contributed by atoms with Gasteiger partial charge in [-0.1, -0.05) is 6.07 Å². The second kappa shape index (κ2) is 5.15. The van der Waals surface area contributed by atoms with E-state index in [1.54, 1.807) is 11.3 Å². The third-order valence-electron chi connectivity index (χ3n) is 3.22. The van der Waals surface area contributed by atoms with Crippen LogP contribution in [-0.4, -0.2) is 16.6 Å². The molecule has 0 unspecified atom stereocenters. The lowest BCUT2D eigenvalue weighted by Crippen LogP contribution is -2.04. The Labute approximate surface area is 116 Å². The normalized spacial score (nSPS) is 11.3. The van der Waals surface area contributed by atoms with Gasteiger partial charge in [-0.15, -0.1) is 11.3 Å². The Morgan fingerprint density at radius 3 is 2.95 bits per heavy atom. The molecule has 0 saturated heterocycles. The van der Waals surface area contributed by atoms with E-state index in [9.17, 15) is 0 Å². The van der Waals surface area contributed by atoms with E-state index in [1.807, 2.05) is 14.0 Å². The number of hydrogen-bond donors (Lipinski definition) is 1. The molecular weight excluding hydrogens is 254 g/mol. The molecule has 0 bridgehead atoms. The molecule has 0 amide bonds. The molecule has 2 heterocycles. The third-order valence-corrected chi connectivity index (χ3v) is 4.04. The Kier molecular flexibility index (Phi) is 3.36. The highest BCUT2D eigenvalue weighted by Crippen LogP contribution is 2.19. The molecule has 3 aromatic rings. The van der Waals surface area contributed by atoms with Crippen molar-refractivity contribution in [3.05, 3.63) is 52.1 Å². The smallest absolute Gasteiger partial charge is 0.0898 e. The van der Waals surface area contributed by atoms with Crippen LogP contribution in [0.4, 0.5) is 0 Å². The minimum absolute atomic E-state index is 0.846. The zero-order chi connectivity index (χ0) is 13.2. The highest BCUT2D eigenvalue weighted by Gasteiger charge is 2.04. The molecule has 2 aromatic heterocycles. The molecule has 98 valence electrons. The van der Waals surface area contributed by atoms with Crippen molar-refractivity contribution in [2.24, 2.45) is 0 Å². The van der Waals surface area contributed by atoms with Crippen molar-refractivity contribution >= 4 is 22.2 Å².